The molecule has 108 valence electrons. The van der Waals surface area contributed by atoms with Gasteiger partial charge in [0.05, 0.1) is 0 Å². The summed E-state index contributed by atoms with van der Waals surface area (Å²) in [6.07, 6.45) is 6.47. The van der Waals surface area contributed by atoms with Crippen LogP contribution in [0.2, 0.25) is 0 Å². The van der Waals surface area contributed by atoms with Gasteiger partial charge in [0.25, 0.3) is 0 Å². The zero-order valence-corrected chi connectivity index (χ0v) is 11.6. The van der Waals surface area contributed by atoms with E-state index in [2.05, 4.69) is 12.2 Å². The molecular formula is C15H22F3N. The van der Waals surface area contributed by atoms with Crippen LogP contribution < -0.4 is 5.32 Å². The molecule has 0 aromatic heterocycles. The highest BCUT2D eigenvalue weighted by atomic mass is 19.2. The van der Waals surface area contributed by atoms with Gasteiger partial charge in [0.2, 0.25) is 0 Å². The summed E-state index contributed by atoms with van der Waals surface area (Å²) in [4.78, 5) is 0. The third-order valence-corrected chi connectivity index (χ3v) is 3.35. The maximum Gasteiger partial charge on any atom is 0.194 e. The van der Waals surface area contributed by atoms with Crippen LogP contribution in [0.15, 0.2) is 12.1 Å². The first-order chi connectivity index (χ1) is 9.10. The second-order valence-corrected chi connectivity index (χ2v) is 4.84. The van der Waals surface area contributed by atoms with Gasteiger partial charge in [0.1, 0.15) is 0 Å². The average molecular weight is 273 g/mol. The summed E-state index contributed by atoms with van der Waals surface area (Å²) in [5, 5.41) is 3.03. The smallest absolute Gasteiger partial charge is 0.194 e. The van der Waals surface area contributed by atoms with Crippen molar-refractivity contribution in [2.75, 3.05) is 7.05 Å². The second kappa shape index (κ2) is 8.20. The fraction of sp³-hybridized carbons (Fsp3) is 0.600. The van der Waals surface area contributed by atoms with Gasteiger partial charge in [-0.15, -0.1) is 0 Å². The van der Waals surface area contributed by atoms with Gasteiger partial charge in [-0.05, 0) is 31.2 Å². The Morgan fingerprint density at radius 3 is 2.11 bits per heavy atom. The van der Waals surface area contributed by atoms with Crippen molar-refractivity contribution in [1.29, 1.82) is 0 Å². The Bertz CT molecular complexity index is 370. The van der Waals surface area contributed by atoms with Gasteiger partial charge in [-0.2, -0.15) is 0 Å². The van der Waals surface area contributed by atoms with Crippen LogP contribution in [-0.4, -0.2) is 7.05 Å². The standard InChI is InChI=1S/C15H22F3N/c1-3-4-5-6-7-8-14(19-2)11-9-12(16)15(18)13(17)10-11/h9-10,14,19H,3-8H2,1-2H3. The van der Waals surface area contributed by atoms with Crippen molar-refractivity contribution in [1.82, 2.24) is 5.32 Å². The molecule has 1 nitrogen and oxygen atoms in total. The number of unbranched alkanes of at least 4 members (excludes halogenated alkanes) is 4. The molecule has 0 amide bonds. The number of benzene rings is 1. The highest BCUT2D eigenvalue weighted by Gasteiger charge is 2.15. The molecule has 0 spiro atoms. The van der Waals surface area contributed by atoms with Crippen LogP contribution in [0.3, 0.4) is 0 Å². The number of hydrogen-bond donors (Lipinski definition) is 1. The molecule has 1 rings (SSSR count). The lowest BCUT2D eigenvalue weighted by Gasteiger charge is -2.17. The second-order valence-electron chi connectivity index (χ2n) is 4.84. The SMILES string of the molecule is CCCCCCCC(NC)c1cc(F)c(F)c(F)c1. The fourth-order valence-corrected chi connectivity index (χ4v) is 2.21. The topological polar surface area (TPSA) is 12.0 Å². The van der Waals surface area contributed by atoms with E-state index in [1.807, 2.05) is 0 Å². The minimum absolute atomic E-state index is 0.133. The highest BCUT2D eigenvalue weighted by molar-refractivity contribution is 5.22. The number of halogens is 3. The summed E-state index contributed by atoms with van der Waals surface area (Å²) in [5.41, 5.74) is 0.467. The maximum atomic E-state index is 13.2. The normalized spacial score (nSPS) is 12.7. The van der Waals surface area contributed by atoms with E-state index in [1.54, 1.807) is 7.05 Å². The molecule has 0 heterocycles. The van der Waals surface area contributed by atoms with Crippen molar-refractivity contribution in [3.8, 4) is 0 Å². The van der Waals surface area contributed by atoms with E-state index < -0.39 is 17.5 Å². The van der Waals surface area contributed by atoms with E-state index in [4.69, 9.17) is 0 Å². The summed E-state index contributed by atoms with van der Waals surface area (Å²) >= 11 is 0. The molecule has 0 aliphatic heterocycles. The minimum atomic E-state index is -1.40. The van der Waals surface area contributed by atoms with Crippen molar-refractivity contribution >= 4 is 0 Å². The van der Waals surface area contributed by atoms with Gasteiger partial charge in [-0.25, -0.2) is 13.2 Å². The van der Waals surface area contributed by atoms with E-state index in [0.717, 1.165) is 31.4 Å². The number of nitrogens with one attached hydrogen (secondary N) is 1. The van der Waals surface area contributed by atoms with E-state index in [0.29, 0.717) is 5.56 Å². The Balaban J connectivity index is 2.59. The zero-order chi connectivity index (χ0) is 14.3. The zero-order valence-electron chi connectivity index (χ0n) is 11.6. The Hall–Kier alpha value is -1.03. The Morgan fingerprint density at radius 2 is 1.58 bits per heavy atom. The molecule has 1 N–H and O–H groups in total. The summed E-state index contributed by atoms with van der Waals surface area (Å²) in [5.74, 6) is -3.65. The molecule has 19 heavy (non-hydrogen) atoms. The fourth-order valence-electron chi connectivity index (χ4n) is 2.21. The molecule has 0 bridgehead atoms. The van der Waals surface area contributed by atoms with Crippen LogP contribution in [0.4, 0.5) is 13.2 Å². The third kappa shape index (κ3) is 4.86. The number of hydrogen-bond acceptors (Lipinski definition) is 1. The van der Waals surface area contributed by atoms with E-state index in [1.165, 1.54) is 19.3 Å². The largest absolute Gasteiger partial charge is 0.313 e. The predicted molar refractivity (Wildman–Crippen MR) is 71.5 cm³/mol. The van der Waals surface area contributed by atoms with Gasteiger partial charge < -0.3 is 5.32 Å². The lowest BCUT2D eigenvalue weighted by Crippen LogP contribution is -2.17. The lowest BCUT2D eigenvalue weighted by molar-refractivity contribution is 0.436. The molecule has 1 aromatic rings. The number of rotatable bonds is 8. The Kier molecular flexibility index (Phi) is 6.92. The van der Waals surface area contributed by atoms with Crippen LogP contribution in [0.25, 0.3) is 0 Å². The molecular weight excluding hydrogens is 251 g/mol. The minimum Gasteiger partial charge on any atom is -0.313 e. The molecule has 0 fully saturated rings. The van der Waals surface area contributed by atoms with Gasteiger partial charge >= 0.3 is 0 Å². The van der Waals surface area contributed by atoms with Crippen molar-refractivity contribution in [3.05, 3.63) is 35.1 Å². The van der Waals surface area contributed by atoms with Crippen LogP contribution in [0.1, 0.15) is 57.1 Å². The Labute approximate surface area is 113 Å². The van der Waals surface area contributed by atoms with Crippen molar-refractivity contribution in [2.45, 2.75) is 51.5 Å². The third-order valence-electron chi connectivity index (χ3n) is 3.35. The van der Waals surface area contributed by atoms with E-state index in [9.17, 15) is 13.2 Å². The maximum absolute atomic E-state index is 13.2. The first kappa shape index (κ1) is 16.0. The summed E-state index contributed by atoms with van der Waals surface area (Å²) < 4.78 is 39.3. The van der Waals surface area contributed by atoms with Gasteiger partial charge in [0, 0.05) is 6.04 Å². The monoisotopic (exact) mass is 273 g/mol. The molecule has 1 aromatic carbocycles. The van der Waals surface area contributed by atoms with Crippen LogP contribution >= 0.6 is 0 Å². The first-order valence-corrected chi connectivity index (χ1v) is 6.91. The van der Waals surface area contributed by atoms with Gasteiger partial charge in [-0.3, -0.25) is 0 Å². The Morgan fingerprint density at radius 1 is 1.00 bits per heavy atom. The average Bonchev–Trinajstić information content (AvgIpc) is 2.39. The summed E-state index contributed by atoms with van der Waals surface area (Å²) in [6, 6.07) is 2.02. The molecule has 0 saturated carbocycles. The molecule has 0 radical (unpaired) electrons. The predicted octanol–water partition coefficient (Wildman–Crippen LogP) is 4.72. The van der Waals surface area contributed by atoms with Gasteiger partial charge in [-0.1, -0.05) is 39.0 Å². The molecule has 0 aliphatic rings. The quantitative estimate of drug-likeness (QED) is 0.533. The van der Waals surface area contributed by atoms with Crippen LogP contribution in [0.5, 0.6) is 0 Å². The molecule has 0 aliphatic carbocycles. The molecule has 1 unspecified atom stereocenters. The highest BCUT2D eigenvalue weighted by Crippen LogP contribution is 2.23. The van der Waals surface area contributed by atoms with E-state index in [-0.39, 0.29) is 6.04 Å². The van der Waals surface area contributed by atoms with Gasteiger partial charge in [0.15, 0.2) is 17.5 Å². The van der Waals surface area contributed by atoms with E-state index >= 15 is 0 Å². The van der Waals surface area contributed by atoms with Crippen LogP contribution in [-0.2, 0) is 0 Å². The molecule has 0 saturated heterocycles. The van der Waals surface area contributed by atoms with Crippen LogP contribution in [0, 0.1) is 17.5 Å². The summed E-state index contributed by atoms with van der Waals surface area (Å²) in [7, 11) is 1.75. The lowest BCUT2D eigenvalue weighted by atomic mass is 9.99. The first-order valence-electron chi connectivity index (χ1n) is 6.91. The van der Waals surface area contributed by atoms with Crippen molar-refractivity contribution in [2.24, 2.45) is 0 Å². The van der Waals surface area contributed by atoms with Crippen molar-refractivity contribution < 1.29 is 13.2 Å². The molecule has 4 heteroatoms. The molecule has 1 atom stereocenters. The summed E-state index contributed by atoms with van der Waals surface area (Å²) in [6.45, 7) is 2.15. The van der Waals surface area contributed by atoms with Crippen molar-refractivity contribution in [3.63, 3.8) is 0 Å².